The molecule has 13 heteroatoms. The van der Waals surface area contributed by atoms with Crippen LogP contribution in [0.2, 0.25) is 0 Å². The van der Waals surface area contributed by atoms with E-state index < -0.39 is 59.8 Å². The molecule has 0 aromatic heterocycles. The van der Waals surface area contributed by atoms with Gasteiger partial charge in [-0.1, -0.05) is 256 Å². The van der Waals surface area contributed by atoms with Crippen molar-refractivity contribution in [3.8, 4) is 0 Å². The summed E-state index contributed by atoms with van der Waals surface area (Å²) in [4.78, 5) is 13.0. The van der Waals surface area contributed by atoms with Gasteiger partial charge in [0.05, 0.1) is 19.8 Å². The number of allylic oxidation sites excluding steroid dienone is 4. The van der Waals surface area contributed by atoms with E-state index in [1.165, 1.54) is 212 Å². The molecule has 1 heterocycles. The minimum Gasteiger partial charge on any atom is -0.457 e. The van der Waals surface area contributed by atoms with E-state index in [1.807, 2.05) is 0 Å². The predicted octanol–water partition coefficient (Wildman–Crippen LogP) is 15.1. The standard InChI is InChI=1S/C59H112O12S/c1-3-5-7-9-11-13-15-17-19-21-23-25-27-28-30-32-34-36-38-40-42-44-46-48-55(61)69-53(52-68-59-57(63)58(71-72(64,65)66)56(62)54(50-60)70-59)51-67-49-47-45-43-41-39-37-35-33-31-29-26-24-22-20-18-16-14-12-10-8-6-4-2/h15,17,21,23,53-54,56-60,62-63H,3-14,16,18-20,22,24-52H2,1-2H3,(H,64,65,66)/b17-15-,23-21-. The number of carbonyl (C=O) groups is 1. The fraction of sp³-hybridized carbons (Fsp3) is 0.915. The molecule has 1 saturated heterocycles. The Bertz CT molecular complexity index is 1340. The quantitative estimate of drug-likeness (QED) is 0.0196. The molecule has 0 aromatic carbocycles. The van der Waals surface area contributed by atoms with Crippen LogP contribution in [0, 0.1) is 0 Å². The average molecular weight is 1050 g/mol. The molecule has 72 heavy (non-hydrogen) atoms. The summed E-state index contributed by atoms with van der Waals surface area (Å²) in [7, 11) is -5.07. The van der Waals surface area contributed by atoms with Crippen molar-refractivity contribution in [3.05, 3.63) is 24.3 Å². The Morgan fingerprint density at radius 1 is 0.528 bits per heavy atom. The van der Waals surface area contributed by atoms with E-state index in [1.54, 1.807) is 0 Å². The van der Waals surface area contributed by atoms with Gasteiger partial charge in [-0.2, -0.15) is 8.42 Å². The van der Waals surface area contributed by atoms with Crippen LogP contribution in [0.4, 0.5) is 0 Å². The first-order valence-corrected chi connectivity index (χ1v) is 31.5. The van der Waals surface area contributed by atoms with Gasteiger partial charge in [-0.25, -0.2) is 4.18 Å². The molecule has 1 rings (SSSR count). The highest BCUT2D eigenvalue weighted by Gasteiger charge is 2.48. The van der Waals surface area contributed by atoms with E-state index in [0.717, 1.165) is 44.9 Å². The van der Waals surface area contributed by atoms with Crippen molar-refractivity contribution in [1.29, 1.82) is 0 Å². The molecule has 0 spiro atoms. The topological polar surface area (TPSA) is 178 Å². The van der Waals surface area contributed by atoms with Gasteiger partial charge in [0.2, 0.25) is 0 Å². The Labute approximate surface area is 441 Å². The molecule has 426 valence electrons. The largest absolute Gasteiger partial charge is 0.457 e. The smallest absolute Gasteiger partial charge is 0.397 e. The normalized spacial score (nSPS) is 19.0. The van der Waals surface area contributed by atoms with Crippen molar-refractivity contribution in [2.45, 2.75) is 320 Å². The molecule has 1 aliphatic rings. The summed E-state index contributed by atoms with van der Waals surface area (Å²) in [5.41, 5.74) is 0. The van der Waals surface area contributed by atoms with Gasteiger partial charge in [-0.15, -0.1) is 0 Å². The zero-order valence-electron chi connectivity index (χ0n) is 46.3. The molecule has 1 aliphatic heterocycles. The molecule has 0 amide bonds. The molecule has 1 fully saturated rings. The number of unbranched alkanes of at least 4 members (excludes halogenated alkanes) is 37. The Balaban J connectivity index is 2.27. The number of aliphatic hydroxyl groups is 3. The molecule has 0 aromatic rings. The van der Waals surface area contributed by atoms with Crippen molar-refractivity contribution >= 4 is 16.4 Å². The van der Waals surface area contributed by atoms with Crippen molar-refractivity contribution < 1.29 is 56.2 Å². The lowest BCUT2D eigenvalue weighted by Crippen LogP contribution is -2.60. The van der Waals surface area contributed by atoms with Gasteiger partial charge >= 0.3 is 16.4 Å². The van der Waals surface area contributed by atoms with E-state index in [0.29, 0.717) is 13.0 Å². The van der Waals surface area contributed by atoms with Crippen LogP contribution < -0.4 is 0 Å². The second kappa shape index (κ2) is 50.4. The highest BCUT2D eigenvalue weighted by atomic mass is 32.3. The summed E-state index contributed by atoms with van der Waals surface area (Å²) in [6.45, 7) is 4.05. The molecule has 12 nitrogen and oxygen atoms in total. The highest BCUT2D eigenvalue weighted by molar-refractivity contribution is 7.80. The molecule has 0 saturated carbocycles. The molecule has 0 aliphatic carbocycles. The van der Waals surface area contributed by atoms with Gasteiger partial charge in [0.25, 0.3) is 0 Å². The number of aliphatic hydroxyl groups excluding tert-OH is 3. The summed E-state index contributed by atoms with van der Waals surface area (Å²) in [5, 5.41) is 30.9. The number of ether oxygens (including phenoxy) is 4. The zero-order chi connectivity index (χ0) is 52.4. The SMILES string of the molecule is CCCCCCC/C=C\C/C=C\CCCCCCCCCCCCCC(=O)OC(COCCCCCCCCCCCCCCCCCCCCCCCC)COC1OC(CO)C(O)C(OS(=O)(=O)O)C1O. The van der Waals surface area contributed by atoms with Gasteiger partial charge in [-0.3, -0.25) is 9.35 Å². The van der Waals surface area contributed by atoms with E-state index in [9.17, 15) is 33.1 Å². The van der Waals surface area contributed by atoms with Crippen molar-refractivity contribution in [1.82, 2.24) is 0 Å². The number of rotatable bonds is 54. The maximum atomic E-state index is 13.0. The van der Waals surface area contributed by atoms with Crippen LogP contribution in [-0.4, -0.2) is 97.5 Å². The van der Waals surface area contributed by atoms with Crippen molar-refractivity contribution in [2.75, 3.05) is 26.4 Å². The maximum absolute atomic E-state index is 13.0. The van der Waals surface area contributed by atoms with Crippen LogP contribution in [-0.2, 0) is 38.3 Å². The van der Waals surface area contributed by atoms with Crippen LogP contribution in [0.15, 0.2) is 24.3 Å². The van der Waals surface area contributed by atoms with Crippen LogP contribution in [0.5, 0.6) is 0 Å². The number of hydrogen-bond acceptors (Lipinski definition) is 11. The van der Waals surface area contributed by atoms with E-state index >= 15 is 0 Å². The fourth-order valence-corrected chi connectivity index (χ4v) is 10.0. The molecular weight excluding hydrogens is 933 g/mol. The zero-order valence-corrected chi connectivity index (χ0v) is 47.1. The molecule has 6 unspecified atom stereocenters. The Morgan fingerprint density at radius 3 is 1.32 bits per heavy atom. The average Bonchev–Trinajstić information content (AvgIpc) is 3.36. The minimum absolute atomic E-state index is 0.0407. The van der Waals surface area contributed by atoms with Crippen LogP contribution in [0.3, 0.4) is 0 Å². The first kappa shape index (κ1) is 68.6. The molecule has 4 N–H and O–H groups in total. The van der Waals surface area contributed by atoms with Crippen molar-refractivity contribution in [2.24, 2.45) is 0 Å². The van der Waals surface area contributed by atoms with E-state index in [4.69, 9.17) is 18.9 Å². The third kappa shape index (κ3) is 42.8. The lowest BCUT2D eigenvalue weighted by Gasteiger charge is -2.41. The van der Waals surface area contributed by atoms with Gasteiger partial charge in [0, 0.05) is 13.0 Å². The van der Waals surface area contributed by atoms with Crippen LogP contribution in [0.25, 0.3) is 0 Å². The van der Waals surface area contributed by atoms with Gasteiger partial charge in [0.15, 0.2) is 6.29 Å². The number of esters is 1. The summed E-state index contributed by atoms with van der Waals surface area (Å²) < 4.78 is 59.5. The summed E-state index contributed by atoms with van der Waals surface area (Å²) in [5.74, 6) is -0.395. The second-order valence-electron chi connectivity index (χ2n) is 20.9. The summed E-state index contributed by atoms with van der Waals surface area (Å²) in [6.07, 6.45) is 52.2. The Morgan fingerprint density at radius 2 is 0.917 bits per heavy atom. The lowest BCUT2D eigenvalue weighted by molar-refractivity contribution is -0.301. The van der Waals surface area contributed by atoms with Crippen LogP contribution >= 0.6 is 0 Å². The maximum Gasteiger partial charge on any atom is 0.397 e. The molecule has 6 atom stereocenters. The Hall–Kier alpha value is -1.42. The predicted molar refractivity (Wildman–Crippen MR) is 294 cm³/mol. The lowest BCUT2D eigenvalue weighted by atomic mass is 9.99. The second-order valence-corrected chi connectivity index (χ2v) is 22.0. The summed E-state index contributed by atoms with van der Waals surface area (Å²) >= 11 is 0. The van der Waals surface area contributed by atoms with Gasteiger partial charge in [0.1, 0.15) is 30.5 Å². The Kier molecular flexibility index (Phi) is 48.0. The van der Waals surface area contributed by atoms with Gasteiger partial charge in [-0.05, 0) is 44.9 Å². The van der Waals surface area contributed by atoms with Gasteiger partial charge < -0.3 is 34.3 Å². The van der Waals surface area contributed by atoms with Crippen molar-refractivity contribution in [3.63, 3.8) is 0 Å². The third-order valence-corrected chi connectivity index (χ3v) is 14.5. The molecule has 0 radical (unpaired) electrons. The van der Waals surface area contributed by atoms with E-state index in [2.05, 4.69) is 42.3 Å². The van der Waals surface area contributed by atoms with E-state index in [-0.39, 0.29) is 19.6 Å². The number of carbonyl (C=O) groups excluding carboxylic acids is 1. The monoisotopic (exact) mass is 1040 g/mol. The third-order valence-electron chi connectivity index (χ3n) is 14.1. The molecule has 0 bridgehead atoms. The number of hydrogen-bond donors (Lipinski definition) is 4. The first-order valence-electron chi connectivity index (χ1n) is 30.1. The summed E-state index contributed by atoms with van der Waals surface area (Å²) in [6, 6.07) is 0. The highest BCUT2D eigenvalue weighted by Crippen LogP contribution is 2.26. The minimum atomic E-state index is -5.07. The van der Waals surface area contributed by atoms with Crippen LogP contribution in [0.1, 0.15) is 284 Å². The fourth-order valence-electron chi connectivity index (χ4n) is 9.53. The first-order chi connectivity index (χ1) is 35.1. The molecular formula is C59H112O12S.